The Bertz CT molecular complexity index is 5610. The van der Waals surface area contributed by atoms with Gasteiger partial charge in [0.1, 0.15) is 0 Å². The third-order valence-electron chi connectivity index (χ3n) is 17.2. The molecule has 1 saturated heterocycles. The molecule has 11 aromatic rings. The topological polar surface area (TPSA) is 475 Å². The van der Waals surface area contributed by atoms with Crippen molar-refractivity contribution in [1.29, 1.82) is 0 Å². The number of ether oxygens (including phenoxy) is 5. The van der Waals surface area contributed by atoms with Crippen molar-refractivity contribution < 1.29 is 96.5 Å². The van der Waals surface area contributed by atoms with Gasteiger partial charge >= 0.3 is 48.9 Å². The summed E-state index contributed by atoms with van der Waals surface area (Å²) in [5.74, 6) is -4.67. The van der Waals surface area contributed by atoms with E-state index in [1.54, 1.807) is 67.1 Å². The largest absolute Gasteiger partial charge is 0.495 e. The monoisotopic (exact) mass is 2380 g/mol. The van der Waals surface area contributed by atoms with Crippen molar-refractivity contribution in [2.45, 2.75) is 66.6 Å². The molecule has 0 unspecified atom stereocenters. The number of carboxylic acids is 2. The molecule has 125 heavy (non-hydrogen) atoms. The minimum absolute atomic E-state index is 0.0707. The maximum absolute atomic E-state index is 11.7. The fourth-order valence-electron chi connectivity index (χ4n) is 10.3. The summed E-state index contributed by atoms with van der Waals surface area (Å²) in [6, 6.07) is 47.0. The number of benzene rings is 7. The fraction of sp³-hybridized carbons (Fsp3) is 0.188. The number of pyridine rings is 4. The van der Waals surface area contributed by atoms with E-state index < -0.39 is 73.8 Å². The van der Waals surface area contributed by atoms with Gasteiger partial charge in [0.25, 0.3) is 22.7 Å². The molecule has 1 aliphatic rings. The van der Waals surface area contributed by atoms with Crippen LogP contribution in [-0.4, -0.2) is 148 Å². The number of aromatic carboxylic acids is 2. The van der Waals surface area contributed by atoms with E-state index in [4.69, 9.17) is 30.0 Å². The number of rotatable bonds is 16. The molecule has 5 heterocycles. The molecule has 0 bridgehead atoms. The second kappa shape index (κ2) is 49.8. The van der Waals surface area contributed by atoms with Gasteiger partial charge in [-0.25, -0.2) is 33.6 Å². The summed E-state index contributed by atoms with van der Waals surface area (Å²) < 4.78 is 39.0. The quantitative estimate of drug-likeness (QED) is 0.0118. The summed E-state index contributed by atoms with van der Waals surface area (Å²) in [7, 11) is 5.61. The van der Waals surface area contributed by atoms with E-state index in [9.17, 15) is 74.0 Å². The predicted molar refractivity (Wildman–Crippen MR) is 518 cm³/mol. The number of carbonyl (C=O) groups is 7. The number of halogens is 6. The lowest BCUT2D eigenvalue weighted by molar-refractivity contribution is -0.385. The van der Waals surface area contributed by atoms with E-state index >= 15 is 0 Å². The summed E-state index contributed by atoms with van der Waals surface area (Å²) in [5, 5.41) is 60.4. The molecule has 33 nitrogen and oxygen atoms in total. The van der Waals surface area contributed by atoms with Crippen LogP contribution in [0.3, 0.4) is 0 Å². The van der Waals surface area contributed by atoms with Gasteiger partial charge in [-0.15, -0.1) is 0 Å². The highest BCUT2D eigenvalue weighted by atomic mass is 127. The summed E-state index contributed by atoms with van der Waals surface area (Å²) in [4.78, 5) is 137. The van der Waals surface area contributed by atoms with E-state index in [1.165, 1.54) is 105 Å². The Morgan fingerprint density at radius 3 is 0.912 bits per heavy atom. The van der Waals surface area contributed by atoms with Gasteiger partial charge in [-0.1, -0.05) is 69.4 Å². The van der Waals surface area contributed by atoms with Gasteiger partial charge in [-0.2, -0.15) is 0 Å². The molecular formula is C85H78BI6N9O24. The lowest BCUT2D eigenvalue weighted by Gasteiger charge is -2.32. The second-order valence-corrected chi connectivity index (χ2v) is 36.4. The molecule has 0 saturated carbocycles. The van der Waals surface area contributed by atoms with Crippen LogP contribution in [-0.2, 0) is 33.0 Å². The molecule has 0 radical (unpaired) electrons. The van der Waals surface area contributed by atoms with Crippen molar-refractivity contribution in [1.82, 2.24) is 19.9 Å². The minimum Gasteiger partial charge on any atom is -0.478 e. The van der Waals surface area contributed by atoms with Gasteiger partial charge in [-0.3, -0.25) is 60.4 Å². The molecule has 0 atom stereocenters. The first-order chi connectivity index (χ1) is 58.8. The highest BCUT2D eigenvalue weighted by Crippen LogP contribution is 2.37. The average Bonchev–Trinajstić information content (AvgIpc) is 1.62. The standard InChI is InChI=1S/C14H18BNO6.C14H12INO2.C14H12N2O4.C14H14N2O2.C13H10INO2.C8H6INO4.C7H4INO4.CH2I2/c1-13(2)14(3,4)22-15(21-13)10-6-9(12(17)20-5)7-11(8-10)16(18)19;1-9-3-4-13(16-8-9)10-5-11(14(17)18-2)7-12(15)6-10;1-9-3-4-13(15-8-9)10-5-11(14(17)20-2)7-12(6-10)16(18)19;1-9-3-4-13(16-8-9)10-5-11(14(17)18-2)7-12(15)6-10;1-8-2-3-12(15-7-8)9-4-10(13(16)17)6-11(14)5-9;1-14-8(11)5-2-6(9)4-7(3-5)10(12)13;8-5-1-4(7(10)11)2-6(3-5)9(12)13;2-1-3/h6-8H,1-5H3;3-8H,1-2H3;3-8H,1-2H3;3-8H,15H2,1-2H3;2-7H,1H3,(H,16,17);2-4H,1H3;1-3H,(H,10,11);1H2. The van der Waals surface area contributed by atoms with Crippen LogP contribution in [0.25, 0.3) is 45.0 Å². The zero-order chi connectivity index (χ0) is 93.5. The zero-order valence-corrected chi connectivity index (χ0v) is 81.6. The van der Waals surface area contributed by atoms with Gasteiger partial charge < -0.3 is 48.9 Å². The van der Waals surface area contributed by atoms with E-state index in [0.29, 0.717) is 40.7 Å². The Morgan fingerprint density at radius 2 is 0.608 bits per heavy atom. The van der Waals surface area contributed by atoms with Crippen LogP contribution in [0.4, 0.5) is 28.4 Å². The number of hydrogen-bond acceptors (Lipinski definition) is 27. The molecule has 0 aliphatic carbocycles. The lowest BCUT2D eigenvalue weighted by atomic mass is 9.78. The highest BCUT2D eigenvalue weighted by molar-refractivity contribution is 14.2. The number of hydrogen-bond donors (Lipinski definition) is 3. The number of nitrogen functional groups attached to an aromatic ring is 1. The second-order valence-electron chi connectivity index (χ2n) is 26.9. The van der Waals surface area contributed by atoms with Gasteiger partial charge in [0.2, 0.25) is 0 Å². The number of nitro benzene ring substituents is 4. The third-order valence-corrected chi connectivity index (χ3v) is 19.7. The number of non-ortho nitro benzene ring substituents is 4. The first kappa shape index (κ1) is 105. The number of esters is 5. The summed E-state index contributed by atoms with van der Waals surface area (Å²) in [6.07, 6.45) is 7.02. The number of carboxylic acid groups (broad SMARTS) is 2. The van der Waals surface area contributed by atoms with Crippen LogP contribution < -0.4 is 11.2 Å². The smallest absolute Gasteiger partial charge is 0.478 e. The average molecular weight is 2380 g/mol. The third kappa shape index (κ3) is 32.9. The summed E-state index contributed by atoms with van der Waals surface area (Å²) in [5.41, 5.74) is 16.7. The highest BCUT2D eigenvalue weighted by Gasteiger charge is 2.52. The van der Waals surface area contributed by atoms with Crippen molar-refractivity contribution >= 4 is 218 Å². The maximum atomic E-state index is 11.7. The fourth-order valence-corrected chi connectivity index (χ4v) is 13.0. The van der Waals surface area contributed by atoms with Gasteiger partial charge in [0.05, 0.1) is 131 Å². The van der Waals surface area contributed by atoms with Crippen molar-refractivity contribution in [3.63, 3.8) is 0 Å². The van der Waals surface area contributed by atoms with Crippen LogP contribution in [0.2, 0.25) is 0 Å². The molecule has 40 heteroatoms. The number of aromatic nitrogens is 4. The van der Waals surface area contributed by atoms with Crippen LogP contribution in [0.1, 0.15) is 122 Å². The van der Waals surface area contributed by atoms with Crippen LogP contribution in [0.5, 0.6) is 0 Å². The Morgan fingerprint density at radius 1 is 0.368 bits per heavy atom. The predicted octanol–water partition coefficient (Wildman–Crippen LogP) is 19.4. The molecule has 0 amide bonds. The number of alkyl halides is 2. The molecule has 4 aromatic heterocycles. The minimum atomic E-state index is -1.17. The van der Waals surface area contributed by atoms with Gasteiger partial charge in [0, 0.05) is 116 Å². The van der Waals surface area contributed by atoms with E-state index in [-0.39, 0.29) is 56.5 Å². The van der Waals surface area contributed by atoms with Crippen molar-refractivity contribution in [2.24, 2.45) is 0 Å². The number of carbonyl (C=O) groups excluding carboxylic acids is 5. The molecule has 4 N–H and O–H groups in total. The molecule has 1 aliphatic heterocycles. The number of aryl methyl sites for hydroxylation is 4. The number of nitrogens with two attached hydrogens (primary N) is 1. The van der Waals surface area contributed by atoms with Gasteiger partial charge in [0.15, 0.2) is 0 Å². The lowest BCUT2D eigenvalue weighted by Crippen LogP contribution is -2.41. The zero-order valence-electron chi connectivity index (χ0n) is 68.6. The first-order valence-electron chi connectivity index (χ1n) is 35.9. The number of methoxy groups -OCH3 is 5. The SMILES string of the molecule is COC(=O)c1cc(-c2ccc(C)cn2)cc([N+](=O)[O-])c1.COC(=O)c1cc(B2OC(C)(C)C(C)(C)O2)cc([N+](=O)[O-])c1.COC(=O)c1cc(I)cc(-c2ccc(C)cn2)c1.COC(=O)c1cc(I)cc([N+](=O)[O-])c1.COC(=O)c1cc(N)cc(-c2ccc(C)cn2)c1.Cc1ccc(-c2cc(I)cc(C(=O)O)c2)nc1.ICI.O=C(O)c1cc(I)cc([N+](=O)[O-])c1. The van der Waals surface area contributed by atoms with E-state index in [1.807, 2.05) is 161 Å². The van der Waals surface area contributed by atoms with Crippen molar-refractivity contribution in [2.75, 3.05) is 43.7 Å². The summed E-state index contributed by atoms with van der Waals surface area (Å²) >= 11 is 12.6. The molecular weight excluding hydrogens is 2300 g/mol. The Hall–Kier alpha value is -10.8. The molecule has 12 rings (SSSR count). The number of anilines is 1. The maximum Gasteiger partial charge on any atom is 0.495 e. The van der Waals surface area contributed by atoms with Crippen LogP contribution in [0.15, 0.2) is 201 Å². The van der Waals surface area contributed by atoms with Crippen molar-refractivity contribution in [3.05, 3.63) is 317 Å². The van der Waals surface area contributed by atoms with E-state index in [0.717, 1.165) is 69.2 Å². The summed E-state index contributed by atoms with van der Waals surface area (Å²) in [6.45, 7) is 15.3. The van der Waals surface area contributed by atoms with Crippen molar-refractivity contribution in [3.8, 4) is 45.0 Å². The van der Waals surface area contributed by atoms with Crippen LogP contribution >= 0.6 is 136 Å². The normalized spacial score (nSPS) is 11.5. The number of nitro groups is 4. The van der Waals surface area contributed by atoms with Crippen LogP contribution in [0, 0.1) is 82.4 Å². The molecule has 0 spiro atoms. The molecule has 1 fully saturated rings. The first-order valence-corrected chi connectivity index (χ1v) is 43.3. The Kier molecular flexibility index (Phi) is 41.7. The van der Waals surface area contributed by atoms with Gasteiger partial charge in [-0.05, 0) is 277 Å². The molecule has 7 aromatic carbocycles. The number of nitrogens with zero attached hydrogens (tertiary/aromatic N) is 8. The Balaban J connectivity index is 0.000000259. The molecule has 652 valence electrons. The Labute approximate surface area is 798 Å². The van der Waals surface area contributed by atoms with E-state index in [2.05, 4.69) is 129 Å².